The lowest BCUT2D eigenvalue weighted by atomic mass is 9.95. The van der Waals surface area contributed by atoms with Gasteiger partial charge in [-0.3, -0.25) is 0 Å². The van der Waals surface area contributed by atoms with Gasteiger partial charge in [-0.2, -0.15) is 0 Å². The normalized spacial score (nSPS) is 13.0. The molecule has 0 N–H and O–H groups in total. The molecule has 0 amide bonds. The zero-order valence-corrected chi connectivity index (χ0v) is 28.1. The van der Waals surface area contributed by atoms with Crippen LogP contribution in [0.5, 0.6) is 5.75 Å². The van der Waals surface area contributed by atoms with Crippen LogP contribution in [0.4, 0.5) is 16.4 Å². The molecule has 2 rings (SSSR count). The molecule has 1 aromatic carbocycles. The van der Waals surface area contributed by atoms with Crippen molar-refractivity contribution in [2.24, 2.45) is 22.1 Å². The maximum absolute atomic E-state index is 12.7. The number of hydrogen-bond acceptors (Lipinski definition) is 7. The highest BCUT2D eigenvalue weighted by molar-refractivity contribution is 7.16. The van der Waals surface area contributed by atoms with E-state index >= 15 is 0 Å². The Labute approximate surface area is 253 Å². The molecule has 0 spiro atoms. The summed E-state index contributed by atoms with van der Waals surface area (Å²) >= 11 is 1.51. The molecule has 1 aromatic heterocycles. The van der Waals surface area contributed by atoms with Crippen LogP contribution in [-0.2, 0) is 11.2 Å². The predicted octanol–water partition coefficient (Wildman–Crippen LogP) is 10.8. The van der Waals surface area contributed by atoms with E-state index in [0.29, 0.717) is 29.0 Å². The molecule has 230 valence electrons. The fraction of sp³-hybridized carbons (Fsp3) is 0.676. The van der Waals surface area contributed by atoms with Gasteiger partial charge in [-0.1, -0.05) is 73.1 Å². The SMILES string of the molecule is CCCCC(CC)CN(CC(CC)CCCC)c1cc(C)c(/N=N/c2sc(CC)c(C)c2C(=O)OCC)cc1OC. The zero-order chi connectivity index (χ0) is 30.4. The first-order valence-corrected chi connectivity index (χ1v) is 16.7. The van der Waals surface area contributed by atoms with E-state index in [2.05, 4.69) is 62.7 Å². The highest BCUT2D eigenvalue weighted by Crippen LogP contribution is 2.40. The highest BCUT2D eigenvalue weighted by Gasteiger charge is 2.23. The Hall–Kier alpha value is -2.41. The molecule has 0 fully saturated rings. The van der Waals surface area contributed by atoms with Crippen molar-refractivity contribution in [1.29, 1.82) is 0 Å². The average molecular weight is 586 g/mol. The van der Waals surface area contributed by atoms with E-state index in [1.54, 1.807) is 7.11 Å². The summed E-state index contributed by atoms with van der Waals surface area (Å²) in [6, 6.07) is 4.22. The quantitative estimate of drug-likeness (QED) is 0.121. The van der Waals surface area contributed by atoms with Gasteiger partial charge in [0, 0.05) is 24.0 Å². The second-order valence-electron chi connectivity index (χ2n) is 11.2. The van der Waals surface area contributed by atoms with Gasteiger partial charge in [0.15, 0.2) is 5.00 Å². The molecule has 0 saturated heterocycles. The van der Waals surface area contributed by atoms with Crippen LogP contribution >= 0.6 is 11.3 Å². The number of ether oxygens (including phenoxy) is 2. The Balaban J connectivity index is 2.50. The second kappa shape index (κ2) is 18.2. The number of unbranched alkanes of at least 4 members (excludes halogenated alkanes) is 2. The minimum absolute atomic E-state index is 0.328. The topological polar surface area (TPSA) is 63.5 Å². The van der Waals surface area contributed by atoms with E-state index in [-0.39, 0.29) is 5.97 Å². The number of carbonyl (C=O) groups excluding carboxylic acids is 1. The van der Waals surface area contributed by atoms with Gasteiger partial charge in [-0.15, -0.1) is 21.6 Å². The Morgan fingerprint density at radius 1 is 0.927 bits per heavy atom. The molecule has 2 unspecified atom stereocenters. The number of hydrogen-bond donors (Lipinski definition) is 0. The van der Waals surface area contributed by atoms with Gasteiger partial charge in [0.2, 0.25) is 0 Å². The van der Waals surface area contributed by atoms with Gasteiger partial charge in [0.25, 0.3) is 0 Å². The van der Waals surface area contributed by atoms with Crippen molar-refractivity contribution in [2.45, 2.75) is 113 Å². The number of anilines is 1. The third-order valence-electron chi connectivity index (χ3n) is 8.16. The average Bonchev–Trinajstić information content (AvgIpc) is 3.30. The minimum atomic E-state index is -0.336. The fourth-order valence-corrected chi connectivity index (χ4v) is 6.46. The maximum atomic E-state index is 12.7. The van der Waals surface area contributed by atoms with E-state index in [9.17, 15) is 4.79 Å². The van der Waals surface area contributed by atoms with Gasteiger partial charge < -0.3 is 14.4 Å². The van der Waals surface area contributed by atoms with Gasteiger partial charge >= 0.3 is 5.97 Å². The third-order valence-corrected chi connectivity index (χ3v) is 9.48. The first kappa shape index (κ1) is 34.8. The Morgan fingerprint density at radius 3 is 2.02 bits per heavy atom. The molecule has 0 saturated carbocycles. The number of benzene rings is 1. The van der Waals surface area contributed by atoms with Crippen molar-refractivity contribution in [2.75, 3.05) is 31.7 Å². The van der Waals surface area contributed by atoms with Gasteiger partial charge in [-0.25, -0.2) is 4.79 Å². The molecule has 0 aliphatic heterocycles. The van der Waals surface area contributed by atoms with Crippen molar-refractivity contribution in [3.05, 3.63) is 33.7 Å². The molecule has 0 radical (unpaired) electrons. The number of rotatable bonds is 19. The van der Waals surface area contributed by atoms with Crippen molar-refractivity contribution < 1.29 is 14.3 Å². The molecular weight excluding hydrogens is 530 g/mol. The first-order valence-electron chi connectivity index (χ1n) is 15.9. The summed E-state index contributed by atoms with van der Waals surface area (Å²) < 4.78 is 11.3. The molecule has 0 aliphatic rings. The molecule has 2 aromatic rings. The first-order chi connectivity index (χ1) is 19.8. The second-order valence-corrected chi connectivity index (χ2v) is 12.2. The van der Waals surface area contributed by atoms with Crippen molar-refractivity contribution in [1.82, 2.24) is 0 Å². The van der Waals surface area contributed by atoms with Crippen LogP contribution in [0.3, 0.4) is 0 Å². The summed E-state index contributed by atoms with van der Waals surface area (Å²) in [4.78, 5) is 16.4. The van der Waals surface area contributed by atoms with Crippen molar-refractivity contribution in [3.63, 3.8) is 0 Å². The lowest BCUT2D eigenvalue weighted by molar-refractivity contribution is 0.0527. The number of methoxy groups -OCH3 is 1. The standard InChI is InChI=1S/C34H55N3O3S/c1-10-16-18-26(12-3)22-37(23-27(13-4)19-17-11-2)29-20-24(7)28(21-30(29)39-9)35-36-33-32(34(38)40-15-6)25(8)31(14-5)41-33/h20-21,26-27H,10-19,22-23H2,1-9H3/b36-35+. The predicted molar refractivity (Wildman–Crippen MR) is 175 cm³/mol. The zero-order valence-electron chi connectivity index (χ0n) is 27.3. The van der Waals surface area contributed by atoms with E-state index in [1.807, 2.05) is 19.9 Å². The largest absolute Gasteiger partial charge is 0.495 e. The summed E-state index contributed by atoms with van der Waals surface area (Å²) in [6.45, 7) is 19.5. The summed E-state index contributed by atoms with van der Waals surface area (Å²) in [5.74, 6) is 1.79. The van der Waals surface area contributed by atoms with Crippen LogP contribution < -0.4 is 9.64 Å². The maximum Gasteiger partial charge on any atom is 0.341 e. The number of aryl methyl sites for hydroxylation is 2. The Kier molecular flexibility index (Phi) is 15.4. The molecule has 2 atom stereocenters. The lowest BCUT2D eigenvalue weighted by Crippen LogP contribution is -2.34. The summed E-state index contributed by atoms with van der Waals surface area (Å²) in [5, 5.41) is 9.83. The molecular formula is C34H55N3O3S. The van der Waals surface area contributed by atoms with Crippen LogP contribution in [-0.4, -0.2) is 32.8 Å². The summed E-state index contributed by atoms with van der Waals surface area (Å²) in [5.41, 5.74) is 4.40. The molecule has 0 bridgehead atoms. The van der Waals surface area contributed by atoms with Crippen LogP contribution in [0.15, 0.2) is 22.4 Å². The smallest absolute Gasteiger partial charge is 0.341 e. The fourth-order valence-electron chi connectivity index (χ4n) is 5.40. The van der Waals surface area contributed by atoms with Gasteiger partial charge in [-0.05, 0) is 69.1 Å². The highest BCUT2D eigenvalue weighted by atomic mass is 32.1. The van der Waals surface area contributed by atoms with Crippen LogP contribution in [0.1, 0.15) is 119 Å². The van der Waals surface area contributed by atoms with E-state index in [1.165, 1.54) is 62.7 Å². The van der Waals surface area contributed by atoms with Crippen molar-refractivity contribution >= 4 is 33.7 Å². The van der Waals surface area contributed by atoms with Crippen LogP contribution in [0.25, 0.3) is 0 Å². The molecule has 6 nitrogen and oxygen atoms in total. The number of esters is 1. The van der Waals surface area contributed by atoms with Crippen LogP contribution in [0.2, 0.25) is 0 Å². The van der Waals surface area contributed by atoms with E-state index in [0.717, 1.165) is 52.6 Å². The van der Waals surface area contributed by atoms with Crippen molar-refractivity contribution in [3.8, 4) is 5.75 Å². The molecule has 1 heterocycles. The number of nitrogens with zero attached hydrogens (tertiary/aromatic N) is 3. The minimum Gasteiger partial charge on any atom is -0.495 e. The summed E-state index contributed by atoms with van der Waals surface area (Å²) in [7, 11) is 1.74. The molecule has 7 heteroatoms. The Bertz CT molecular complexity index is 1090. The van der Waals surface area contributed by atoms with E-state index < -0.39 is 0 Å². The third kappa shape index (κ3) is 9.83. The van der Waals surface area contributed by atoms with Gasteiger partial charge in [0.05, 0.1) is 25.1 Å². The van der Waals surface area contributed by atoms with Gasteiger partial charge in [0.1, 0.15) is 11.3 Å². The molecule has 41 heavy (non-hydrogen) atoms. The summed E-state index contributed by atoms with van der Waals surface area (Å²) in [6.07, 6.45) is 10.7. The number of azo groups is 1. The molecule has 0 aliphatic carbocycles. The van der Waals surface area contributed by atoms with E-state index in [4.69, 9.17) is 9.47 Å². The lowest BCUT2D eigenvalue weighted by Gasteiger charge is -2.33. The monoisotopic (exact) mass is 585 g/mol. The Morgan fingerprint density at radius 2 is 1.54 bits per heavy atom. The number of carbonyl (C=O) groups is 1. The number of thiophene rings is 1. The van der Waals surface area contributed by atoms with Crippen LogP contribution in [0, 0.1) is 25.7 Å².